The van der Waals surface area contributed by atoms with Crippen LogP contribution in [0.2, 0.25) is 0 Å². The van der Waals surface area contributed by atoms with E-state index in [1.165, 1.54) is 16.8 Å². The predicted molar refractivity (Wildman–Crippen MR) is 168 cm³/mol. The van der Waals surface area contributed by atoms with Crippen LogP contribution in [-0.2, 0) is 24.2 Å². The van der Waals surface area contributed by atoms with E-state index in [1.807, 2.05) is 0 Å². The lowest BCUT2D eigenvalue weighted by Gasteiger charge is -2.59. The Labute approximate surface area is 270 Å². The van der Waals surface area contributed by atoms with Crippen molar-refractivity contribution < 1.29 is 32.4 Å². The molecule has 13 nitrogen and oxygen atoms in total. The SMILES string of the molecule is CN1C(=O)N(CC2CC(C)(C)S(=O)(=O)C(C)(C)C2)C2(CC3(CCC(N4C(=O)C(=C(N)N)C(=O)N(CC5CCC5)C4=O)CC3)C2)C1=O. The van der Waals surface area contributed by atoms with E-state index in [-0.39, 0.29) is 41.3 Å². The van der Waals surface area contributed by atoms with Crippen molar-refractivity contribution >= 4 is 39.6 Å². The van der Waals surface area contributed by atoms with Crippen LogP contribution in [0.5, 0.6) is 0 Å². The van der Waals surface area contributed by atoms with Gasteiger partial charge in [-0.05, 0) is 109 Å². The van der Waals surface area contributed by atoms with Gasteiger partial charge in [0, 0.05) is 26.2 Å². The number of nitrogens with two attached hydrogens (primary N) is 2. The number of imide groups is 3. The number of hydrogen-bond donors (Lipinski definition) is 2. The molecule has 3 saturated carbocycles. The molecule has 2 spiro atoms. The van der Waals surface area contributed by atoms with Gasteiger partial charge in [0.2, 0.25) is 0 Å². The summed E-state index contributed by atoms with van der Waals surface area (Å²) >= 11 is 0. The maximum absolute atomic E-state index is 13.6. The minimum absolute atomic E-state index is 0.0834. The molecule has 7 amide bonds. The van der Waals surface area contributed by atoms with Gasteiger partial charge in [0.05, 0.1) is 9.49 Å². The molecule has 6 aliphatic rings. The largest absolute Gasteiger partial charge is 0.385 e. The van der Waals surface area contributed by atoms with Crippen LogP contribution in [0.25, 0.3) is 0 Å². The smallest absolute Gasteiger partial charge is 0.334 e. The zero-order valence-electron chi connectivity index (χ0n) is 27.6. The van der Waals surface area contributed by atoms with Gasteiger partial charge >= 0.3 is 12.1 Å². The first-order valence-electron chi connectivity index (χ1n) is 16.6. The molecule has 6 fully saturated rings. The molecule has 0 aromatic carbocycles. The summed E-state index contributed by atoms with van der Waals surface area (Å²) in [5.41, 5.74) is 9.99. The minimum Gasteiger partial charge on any atom is -0.385 e. The van der Waals surface area contributed by atoms with Crippen molar-refractivity contribution in [3.8, 4) is 0 Å². The number of sulfone groups is 1. The third kappa shape index (κ3) is 4.59. The zero-order chi connectivity index (χ0) is 33.8. The molecule has 3 heterocycles. The van der Waals surface area contributed by atoms with Crippen LogP contribution in [0.3, 0.4) is 0 Å². The topological polar surface area (TPSA) is 184 Å². The van der Waals surface area contributed by atoms with E-state index in [2.05, 4.69) is 0 Å². The Morgan fingerprint density at radius 1 is 0.804 bits per heavy atom. The predicted octanol–water partition coefficient (Wildman–Crippen LogP) is 2.44. The first-order chi connectivity index (χ1) is 21.3. The molecular formula is C32H48N6O7S. The Balaban J connectivity index is 1.17. The van der Waals surface area contributed by atoms with Gasteiger partial charge in [-0.15, -0.1) is 0 Å². The van der Waals surface area contributed by atoms with E-state index < -0.39 is 54.6 Å². The van der Waals surface area contributed by atoms with E-state index >= 15 is 0 Å². The Kier molecular flexibility index (Phi) is 7.42. The average Bonchev–Trinajstić information content (AvgIpc) is 3.07. The fourth-order valence-electron chi connectivity index (χ4n) is 9.62. The van der Waals surface area contributed by atoms with Gasteiger partial charge in [-0.3, -0.25) is 29.1 Å². The molecule has 4 N–H and O–H groups in total. The highest BCUT2D eigenvalue weighted by molar-refractivity contribution is 7.94. The number of barbiturate groups is 1. The van der Waals surface area contributed by atoms with E-state index in [4.69, 9.17) is 11.5 Å². The second-order valence-corrected chi connectivity index (χ2v) is 19.4. The summed E-state index contributed by atoms with van der Waals surface area (Å²) in [7, 11) is -1.89. The van der Waals surface area contributed by atoms with Gasteiger partial charge in [-0.25, -0.2) is 18.0 Å². The van der Waals surface area contributed by atoms with E-state index in [0.717, 1.165) is 24.2 Å². The van der Waals surface area contributed by atoms with Crippen LogP contribution >= 0.6 is 0 Å². The molecule has 0 unspecified atom stereocenters. The summed E-state index contributed by atoms with van der Waals surface area (Å²) < 4.78 is 24.5. The number of likely N-dealkylation sites (N-methyl/N-ethyl adjacent to an activating group) is 1. The summed E-state index contributed by atoms with van der Waals surface area (Å²) in [5, 5.41) is 0. The summed E-state index contributed by atoms with van der Waals surface area (Å²) in [5.74, 6) is -1.99. The normalized spacial score (nSPS) is 29.2. The van der Waals surface area contributed by atoms with E-state index in [1.54, 1.807) is 32.6 Å². The lowest BCUT2D eigenvalue weighted by atomic mass is 9.51. The molecule has 3 aliphatic carbocycles. The maximum atomic E-state index is 13.6. The van der Waals surface area contributed by atoms with Gasteiger partial charge in [0.25, 0.3) is 17.7 Å². The van der Waals surface area contributed by atoms with Crippen LogP contribution in [0, 0.1) is 17.3 Å². The van der Waals surface area contributed by atoms with Crippen LogP contribution in [-0.4, -0.2) is 99.0 Å². The first-order valence-corrected chi connectivity index (χ1v) is 18.0. The highest BCUT2D eigenvalue weighted by Crippen LogP contribution is 2.62. The van der Waals surface area contributed by atoms with Crippen molar-refractivity contribution in [3.63, 3.8) is 0 Å². The maximum Gasteiger partial charge on any atom is 0.334 e. The standard InChI is InChI=1S/C32H48N6O7S/c1-29(2)13-20(14-30(3,4)46(29,44)45)16-37-27(42)35(5)26(41)32(37)17-31(18-32)11-9-21(10-12-31)38-25(40)22(23(33)34)24(39)36(28(38)43)15-19-7-6-8-19/h19-21H,6-18,33-34H2,1-5H3. The number of urea groups is 2. The Morgan fingerprint density at radius 2 is 1.37 bits per heavy atom. The van der Waals surface area contributed by atoms with Crippen molar-refractivity contribution in [2.45, 2.75) is 119 Å². The molecule has 3 aliphatic heterocycles. The minimum atomic E-state index is -3.40. The number of rotatable bonds is 5. The summed E-state index contributed by atoms with van der Waals surface area (Å²) in [4.78, 5) is 72.4. The third-order valence-electron chi connectivity index (χ3n) is 12.2. The molecule has 14 heteroatoms. The molecule has 0 bridgehead atoms. The van der Waals surface area contributed by atoms with Crippen LogP contribution in [0.15, 0.2) is 11.4 Å². The molecule has 0 radical (unpaired) electrons. The lowest BCUT2D eigenvalue weighted by Crippen LogP contribution is -2.66. The number of amides is 7. The fourth-order valence-corrected chi connectivity index (χ4v) is 12.0. The monoisotopic (exact) mass is 660 g/mol. The highest BCUT2D eigenvalue weighted by Gasteiger charge is 2.68. The second kappa shape index (κ2) is 10.4. The zero-order valence-corrected chi connectivity index (χ0v) is 28.5. The van der Waals surface area contributed by atoms with Gasteiger partial charge < -0.3 is 16.4 Å². The van der Waals surface area contributed by atoms with Crippen LogP contribution in [0.4, 0.5) is 9.59 Å². The van der Waals surface area contributed by atoms with E-state index in [9.17, 15) is 32.4 Å². The van der Waals surface area contributed by atoms with Crippen molar-refractivity contribution in [1.29, 1.82) is 0 Å². The van der Waals surface area contributed by atoms with Crippen LogP contribution in [0.1, 0.15) is 98.3 Å². The van der Waals surface area contributed by atoms with Crippen molar-refractivity contribution in [2.24, 2.45) is 28.7 Å². The number of hydrogen-bond acceptors (Lipinski definition) is 9. The quantitative estimate of drug-likeness (QED) is 0.254. The Bertz CT molecular complexity index is 1500. The number of nitrogens with zero attached hydrogens (tertiary/aromatic N) is 4. The van der Waals surface area contributed by atoms with E-state index in [0.29, 0.717) is 57.9 Å². The van der Waals surface area contributed by atoms with Crippen molar-refractivity contribution in [3.05, 3.63) is 11.4 Å². The second-order valence-electron chi connectivity index (χ2n) is 16.2. The molecule has 6 rings (SSSR count). The summed E-state index contributed by atoms with van der Waals surface area (Å²) in [6.45, 7) is 7.52. The van der Waals surface area contributed by atoms with Crippen molar-refractivity contribution in [1.82, 2.24) is 19.6 Å². The van der Waals surface area contributed by atoms with Gasteiger partial charge in [0.1, 0.15) is 16.9 Å². The Morgan fingerprint density at radius 3 is 1.87 bits per heavy atom. The molecule has 0 aromatic rings. The first kappa shape index (κ1) is 32.8. The molecular weight excluding hydrogens is 612 g/mol. The lowest BCUT2D eigenvalue weighted by molar-refractivity contribution is -0.151. The van der Waals surface area contributed by atoms with Crippen LogP contribution < -0.4 is 11.5 Å². The summed E-state index contributed by atoms with van der Waals surface area (Å²) in [6.07, 6.45) is 6.93. The average molecular weight is 661 g/mol. The third-order valence-corrected chi connectivity index (χ3v) is 15.4. The number of carbonyl (C=O) groups excluding carboxylic acids is 5. The summed E-state index contributed by atoms with van der Waals surface area (Å²) in [6, 6.07) is -1.42. The van der Waals surface area contributed by atoms with Gasteiger partial charge in [-0.1, -0.05) is 6.42 Å². The number of carbonyl (C=O) groups is 5. The molecule has 0 atom stereocenters. The fraction of sp³-hybridized carbons (Fsp3) is 0.781. The molecule has 254 valence electrons. The Hall–Kier alpha value is -3.16. The molecule has 3 saturated heterocycles. The van der Waals surface area contributed by atoms with Gasteiger partial charge in [0.15, 0.2) is 9.84 Å². The van der Waals surface area contributed by atoms with Gasteiger partial charge in [-0.2, -0.15) is 0 Å². The van der Waals surface area contributed by atoms with Crippen molar-refractivity contribution in [2.75, 3.05) is 20.1 Å². The molecule has 0 aromatic heterocycles. The highest BCUT2D eigenvalue weighted by atomic mass is 32.2. The molecule has 46 heavy (non-hydrogen) atoms.